The van der Waals surface area contributed by atoms with Crippen LogP contribution in [0.5, 0.6) is 5.75 Å². The lowest BCUT2D eigenvalue weighted by Crippen LogP contribution is -2.40. The number of amides is 2. The number of rotatable bonds is 8. The highest BCUT2D eigenvalue weighted by Crippen LogP contribution is 2.29. The van der Waals surface area contributed by atoms with Crippen molar-refractivity contribution in [3.05, 3.63) is 90.0 Å². The molecule has 0 bridgehead atoms. The molecule has 1 unspecified atom stereocenters. The first-order valence-corrected chi connectivity index (χ1v) is 10.1. The van der Waals surface area contributed by atoms with Gasteiger partial charge in [-0.05, 0) is 36.2 Å². The third-order valence-corrected chi connectivity index (χ3v) is 4.84. The minimum atomic E-state index is -0.545. The van der Waals surface area contributed by atoms with E-state index in [0.29, 0.717) is 17.1 Å². The fourth-order valence-electron chi connectivity index (χ4n) is 3.32. The van der Waals surface area contributed by atoms with Crippen LogP contribution in [0, 0.1) is 0 Å². The molecular formula is C25H27N3O3. The fraction of sp³-hybridized carbons (Fsp3) is 0.200. The lowest BCUT2D eigenvalue weighted by molar-refractivity contribution is -0.122. The number of carbonyl (C=O) groups excluding carboxylic acids is 2. The van der Waals surface area contributed by atoms with Crippen LogP contribution in [-0.4, -0.2) is 25.0 Å². The highest BCUT2D eigenvalue weighted by molar-refractivity contribution is 5.90. The van der Waals surface area contributed by atoms with Gasteiger partial charge in [-0.25, -0.2) is 0 Å². The second kappa shape index (κ2) is 10.3. The van der Waals surface area contributed by atoms with Crippen LogP contribution < -0.4 is 20.7 Å². The van der Waals surface area contributed by atoms with Gasteiger partial charge in [0.05, 0.1) is 18.8 Å². The molecule has 2 amide bonds. The Morgan fingerprint density at radius 1 is 0.871 bits per heavy atom. The van der Waals surface area contributed by atoms with Crippen LogP contribution in [0.1, 0.15) is 31.0 Å². The van der Waals surface area contributed by atoms with E-state index in [0.717, 1.165) is 11.1 Å². The molecule has 3 aromatic rings. The molecule has 160 valence electrons. The highest BCUT2D eigenvalue weighted by atomic mass is 16.5. The Bertz CT molecular complexity index is 983. The van der Waals surface area contributed by atoms with Crippen LogP contribution in [0.3, 0.4) is 0 Å². The third kappa shape index (κ3) is 5.85. The largest absolute Gasteiger partial charge is 0.495 e. The van der Waals surface area contributed by atoms with Crippen LogP contribution in [0.4, 0.5) is 11.4 Å². The summed E-state index contributed by atoms with van der Waals surface area (Å²) in [4.78, 5) is 24.5. The van der Waals surface area contributed by atoms with E-state index in [4.69, 9.17) is 4.74 Å². The molecule has 6 nitrogen and oxygen atoms in total. The predicted octanol–water partition coefficient (Wildman–Crippen LogP) is 4.36. The zero-order valence-electron chi connectivity index (χ0n) is 17.9. The average Bonchev–Trinajstić information content (AvgIpc) is 2.78. The maximum Gasteiger partial charge on any atom is 0.242 e. The summed E-state index contributed by atoms with van der Waals surface area (Å²) in [5.74, 6) is 0.247. The molecule has 0 aliphatic carbocycles. The number of methoxy groups -OCH3 is 1. The first-order chi connectivity index (χ1) is 15.0. The molecule has 3 rings (SSSR count). The number of anilines is 2. The smallest absolute Gasteiger partial charge is 0.242 e. The van der Waals surface area contributed by atoms with Crippen molar-refractivity contribution in [2.75, 3.05) is 17.7 Å². The molecule has 3 aromatic carbocycles. The number of carbonyl (C=O) groups is 2. The van der Waals surface area contributed by atoms with Gasteiger partial charge in [-0.2, -0.15) is 0 Å². The third-order valence-electron chi connectivity index (χ3n) is 4.84. The van der Waals surface area contributed by atoms with Crippen LogP contribution in [0.15, 0.2) is 78.9 Å². The molecule has 31 heavy (non-hydrogen) atoms. The van der Waals surface area contributed by atoms with Crippen molar-refractivity contribution >= 4 is 23.2 Å². The summed E-state index contributed by atoms with van der Waals surface area (Å²) < 4.78 is 5.40. The van der Waals surface area contributed by atoms with Gasteiger partial charge in [0.1, 0.15) is 11.8 Å². The summed E-state index contributed by atoms with van der Waals surface area (Å²) in [6.45, 7) is 3.23. The number of benzene rings is 3. The van der Waals surface area contributed by atoms with Crippen molar-refractivity contribution in [3.63, 3.8) is 0 Å². The summed E-state index contributed by atoms with van der Waals surface area (Å²) in [7, 11) is 1.56. The van der Waals surface area contributed by atoms with E-state index in [1.54, 1.807) is 32.2 Å². The van der Waals surface area contributed by atoms with Crippen LogP contribution >= 0.6 is 0 Å². The SMILES string of the molecule is COc1ccc(NC(C)=O)cc1NC(C)C(=O)NC(c1ccccc1)c1ccccc1. The fourth-order valence-corrected chi connectivity index (χ4v) is 3.32. The molecule has 0 spiro atoms. The van der Waals surface area contributed by atoms with E-state index < -0.39 is 6.04 Å². The summed E-state index contributed by atoms with van der Waals surface area (Å²) in [5, 5.41) is 9.08. The first-order valence-electron chi connectivity index (χ1n) is 10.1. The van der Waals surface area contributed by atoms with E-state index >= 15 is 0 Å². The molecule has 0 aliphatic rings. The van der Waals surface area contributed by atoms with Crippen molar-refractivity contribution < 1.29 is 14.3 Å². The zero-order valence-corrected chi connectivity index (χ0v) is 17.9. The summed E-state index contributed by atoms with van der Waals surface area (Å²) >= 11 is 0. The number of hydrogen-bond donors (Lipinski definition) is 3. The summed E-state index contributed by atoms with van der Waals surface area (Å²) in [6.07, 6.45) is 0. The van der Waals surface area contributed by atoms with E-state index in [1.807, 2.05) is 60.7 Å². The van der Waals surface area contributed by atoms with Gasteiger partial charge in [0.15, 0.2) is 0 Å². The molecule has 0 aliphatic heterocycles. The molecule has 0 radical (unpaired) electrons. The molecule has 3 N–H and O–H groups in total. The van der Waals surface area contributed by atoms with Crippen molar-refractivity contribution in [3.8, 4) is 5.75 Å². The lowest BCUT2D eigenvalue weighted by Gasteiger charge is -2.23. The van der Waals surface area contributed by atoms with Crippen molar-refractivity contribution in [2.24, 2.45) is 0 Å². The maximum absolute atomic E-state index is 13.1. The summed E-state index contributed by atoms with van der Waals surface area (Å²) in [6, 6.07) is 24.1. The molecule has 1 atom stereocenters. The van der Waals surface area contributed by atoms with Gasteiger partial charge in [0, 0.05) is 12.6 Å². The average molecular weight is 418 g/mol. The Balaban J connectivity index is 1.79. The molecule has 0 heterocycles. The van der Waals surface area contributed by atoms with Crippen LogP contribution in [-0.2, 0) is 9.59 Å². The molecule has 0 aromatic heterocycles. The van der Waals surface area contributed by atoms with Gasteiger partial charge in [-0.3, -0.25) is 9.59 Å². The number of hydrogen-bond acceptors (Lipinski definition) is 4. The van der Waals surface area contributed by atoms with E-state index in [9.17, 15) is 9.59 Å². The topological polar surface area (TPSA) is 79.5 Å². The van der Waals surface area contributed by atoms with Gasteiger partial charge in [0.2, 0.25) is 11.8 Å². The van der Waals surface area contributed by atoms with E-state index in [2.05, 4.69) is 16.0 Å². The van der Waals surface area contributed by atoms with Gasteiger partial charge in [-0.1, -0.05) is 60.7 Å². The molecular weight excluding hydrogens is 390 g/mol. The van der Waals surface area contributed by atoms with Gasteiger partial charge in [-0.15, -0.1) is 0 Å². The Morgan fingerprint density at radius 3 is 1.97 bits per heavy atom. The molecule has 0 fully saturated rings. The van der Waals surface area contributed by atoms with Gasteiger partial charge < -0.3 is 20.7 Å². The van der Waals surface area contributed by atoms with Gasteiger partial charge >= 0.3 is 0 Å². The highest BCUT2D eigenvalue weighted by Gasteiger charge is 2.21. The molecule has 6 heteroatoms. The van der Waals surface area contributed by atoms with Crippen molar-refractivity contribution in [1.29, 1.82) is 0 Å². The molecule has 0 saturated heterocycles. The quantitative estimate of drug-likeness (QED) is 0.509. The zero-order chi connectivity index (χ0) is 22.2. The van der Waals surface area contributed by atoms with Crippen molar-refractivity contribution in [2.45, 2.75) is 25.9 Å². The monoisotopic (exact) mass is 417 g/mol. The number of ether oxygens (including phenoxy) is 1. The minimum Gasteiger partial charge on any atom is -0.495 e. The second-order valence-corrected chi connectivity index (χ2v) is 7.23. The first kappa shape index (κ1) is 21.9. The van der Waals surface area contributed by atoms with E-state index in [1.165, 1.54) is 6.92 Å². The standard InChI is InChI=1S/C25H27N3O3/c1-17(26-22-16-21(27-18(2)29)14-15-23(22)31-3)25(30)28-24(19-10-6-4-7-11-19)20-12-8-5-9-13-20/h4-17,24,26H,1-3H3,(H,27,29)(H,28,30). The summed E-state index contributed by atoms with van der Waals surface area (Å²) in [5.41, 5.74) is 3.24. The van der Waals surface area contributed by atoms with Crippen LogP contribution in [0.2, 0.25) is 0 Å². The Hall–Kier alpha value is -3.80. The second-order valence-electron chi connectivity index (χ2n) is 7.23. The van der Waals surface area contributed by atoms with Crippen LogP contribution in [0.25, 0.3) is 0 Å². The van der Waals surface area contributed by atoms with E-state index in [-0.39, 0.29) is 17.9 Å². The Kier molecular flexibility index (Phi) is 7.27. The maximum atomic E-state index is 13.1. The van der Waals surface area contributed by atoms with Gasteiger partial charge in [0.25, 0.3) is 0 Å². The Labute approximate surface area is 182 Å². The lowest BCUT2D eigenvalue weighted by atomic mass is 9.98. The minimum absolute atomic E-state index is 0.162. The normalized spacial score (nSPS) is 11.5. The number of nitrogens with one attached hydrogen (secondary N) is 3. The van der Waals surface area contributed by atoms with Crippen molar-refractivity contribution in [1.82, 2.24) is 5.32 Å². The Morgan fingerprint density at radius 2 is 1.45 bits per heavy atom. The predicted molar refractivity (Wildman–Crippen MR) is 123 cm³/mol. The molecule has 0 saturated carbocycles.